The SMILES string of the molecule is O=CC(Cl)=C1CC1. The first-order valence-electron chi connectivity index (χ1n) is 2.17. The summed E-state index contributed by atoms with van der Waals surface area (Å²) < 4.78 is 0. The van der Waals surface area contributed by atoms with Crippen LogP contribution < -0.4 is 0 Å². The molecule has 1 nitrogen and oxygen atoms in total. The second-order valence-electron chi connectivity index (χ2n) is 1.57. The van der Waals surface area contributed by atoms with E-state index >= 15 is 0 Å². The fourth-order valence-electron chi connectivity index (χ4n) is 0.385. The lowest BCUT2D eigenvalue weighted by atomic mass is 10.5. The Hall–Kier alpha value is -0.300. The Morgan fingerprint density at radius 3 is 2.43 bits per heavy atom. The van der Waals surface area contributed by atoms with Crippen molar-refractivity contribution in [2.24, 2.45) is 0 Å². The fourth-order valence-corrected chi connectivity index (χ4v) is 0.574. The molecule has 1 aliphatic rings. The molecule has 2 heteroatoms. The van der Waals surface area contributed by atoms with Crippen molar-refractivity contribution in [2.75, 3.05) is 0 Å². The molecule has 0 saturated heterocycles. The molecule has 0 aromatic carbocycles. The zero-order valence-corrected chi connectivity index (χ0v) is 4.53. The van der Waals surface area contributed by atoms with E-state index in [-0.39, 0.29) is 0 Å². The summed E-state index contributed by atoms with van der Waals surface area (Å²) in [5, 5.41) is 0.417. The Morgan fingerprint density at radius 2 is 2.29 bits per heavy atom. The minimum Gasteiger partial charge on any atom is -0.297 e. The first kappa shape index (κ1) is 4.85. The van der Waals surface area contributed by atoms with Gasteiger partial charge in [-0.25, -0.2) is 0 Å². The van der Waals surface area contributed by atoms with Crippen LogP contribution in [0.3, 0.4) is 0 Å². The number of hydrogen-bond donors (Lipinski definition) is 0. The van der Waals surface area contributed by atoms with Crippen LogP contribution in [0.5, 0.6) is 0 Å². The number of aldehydes is 1. The maximum atomic E-state index is 9.80. The molecule has 0 bridgehead atoms. The molecule has 0 unspecified atom stereocenters. The van der Waals surface area contributed by atoms with Crippen molar-refractivity contribution in [2.45, 2.75) is 12.8 Å². The molecule has 1 fully saturated rings. The topological polar surface area (TPSA) is 17.1 Å². The van der Waals surface area contributed by atoms with Crippen LogP contribution in [0.1, 0.15) is 12.8 Å². The van der Waals surface area contributed by atoms with E-state index in [2.05, 4.69) is 0 Å². The van der Waals surface area contributed by atoms with Crippen LogP contribution in [0, 0.1) is 0 Å². The largest absolute Gasteiger partial charge is 0.297 e. The van der Waals surface area contributed by atoms with Gasteiger partial charge in [0, 0.05) is 0 Å². The highest BCUT2D eigenvalue weighted by Gasteiger charge is 2.14. The second-order valence-corrected chi connectivity index (χ2v) is 1.98. The molecular weight excluding hydrogens is 112 g/mol. The molecule has 7 heavy (non-hydrogen) atoms. The maximum Gasteiger partial charge on any atom is 0.161 e. The Morgan fingerprint density at radius 1 is 1.71 bits per heavy atom. The second kappa shape index (κ2) is 1.66. The van der Waals surface area contributed by atoms with Gasteiger partial charge >= 0.3 is 0 Å². The molecule has 0 aliphatic heterocycles. The maximum absolute atomic E-state index is 9.80. The third-order valence-electron chi connectivity index (χ3n) is 0.941. The summed E-state index contributed by atoms with van der Waals surface area (Å²) in [5.41, 5.74) is 1.11. The van der Waals surface area contributed by atoms with Gasteiger partial charge in [-0.2, -0.15) is 0 Å². The minimum atomic E-state index is 0.417. The monoisotopic (exact) mass is 116 g/mol. The number of hydrogen-bond acceptors (Lipinski definition) is 1. The van der Waals surface area contributed by atoms with E-state index in [1.807, 2.05) is 0 Å². The van der Waals surface area contributed by atoms with Gasteiger partial charge in [0.05, 0.1) is 5.03 Å². The highest BCUT2D eigenvalue weighted by atomic mass is 35.5. The number of rotatable bonds is 1. The van der Waals surface area contributed by atoms with Gasteiger partial charge in [0.2, 0.25) is 0 Å². The summed E-state index contributed by atoms with van der Waals surface area (Å²) in [5.74, 6) is 0. The normalized spacial score (nSPS) is 16.4. The molecule has 0 atom stereocenters. The molecular formula is C5H5ClO. The van der Waals surface area contributed by atoms with Crippen molar-refractivity contribution in [3.8, 4) is 0 Å². The van der Waals surface area contributed by atoms with Gasteiger partial charge < -0.3 is 0 Å². The lowest BCUT2D eigenvalue weighted by Gasteiger charge is -1.72. The highest BCUT2D eigenvalue weighted by Crippen LogP contribution is 2.31. The van der Waals surface area contributed by atoms with Gasteiger partial charge in [-0.3, -0.25) is 4.79 Å². The molecule has 0 aromatic heterocycles. The molecule has 0 radical (unpaired) electrons. The number of carbonyl (C=O) groups excluding carboxylic acids is 1. The summed E-state index contributed by atoms with van der Waals surface area (Å²) in [6.07, 6.45) is 2.75. The standard InChI is InChI=1S/C5H5ClO/c6-5(3-7)4-1-2-4/h3H,1-2H2. The minimum absolute atomic E-state index is 0.417. The molecule has 0 spiro atoms. The van der Waals surface area contributed by atoms with Crippen molar-refractivity contribution >= 4 is 17.9 Å². The van der Waals surface area contributed by atoms with Crippen LogP contribution in [0.25, 0.3) is 0 Å². The lowest BCUT2D eigenvalue weighted by Crippen LogP contribution is -1.67. The van der Waals surface area contributed by atoms with E-state index in [4.69, 9.17) is 11.6 Å². The Kier molecular flexibility index (Phi) is 1.15. The van der Waals surface area contributed by atoms with Gasteiger partial charge in [0.25, 0.3) is 0 Å². The van der Waals surface area contributed by atoms with Gasteiger partial charge in [0.1, 0.15) is 0 Å². The van der Waals surface area contributed by atoms with Crippen LogP contribution in [0.4, 0.5) is 0 Å². The summed E-state index contributed by atoms with van der Waals surface area (Å²) in [6.45, 7) is 0. The zero-order chi connectivity index (χ0) is 5.28. The molecule has 0 heterocycles. The van der Waals surface area contributed by atoms with Crippen LogP contribution in [0.2, 0.25) is 0 Å². The summed E-state index contributed by atoms with van der Waals surface area (Å²) in [6, 6.07) is 0. The third kappa shape index (κ3) is 1.03. The Bertz CT molecular complexity index is 120. The quantitative estimate of drug-likeness (QED) is 0.375. The number of carbonyl (C=O) groups is 1. The van der Waals surface area contributed by atoms with Crippen molar-refractivity contribution in [1.82, 2.24) is 0 Å². The molecule has 1 aliphatic carbocycles. The highest BCUT2D eigenvalue weighted by molar-refractivity contribution is 6.39. The summed E-state index contributed by atoms with van der Waals surface area (Å²) >= 11 is 5.37. The molecule has 0 N–H and O–H groups in total. The predicted molar refractivity (Wildman–Crippen MR) is 28.2 cm³/mol. The van der Waals surface area contributed by atoms with E-state index in [0.29, 0.717) is 11.3 Å². The fraction of sp³-hybridized carbons (Fsp3) is 0.400. The van der Waals surface area contributed by atoms with Crippen LogP contribution in [-0.2, 0) is 4.79 Å². The van der Waals surface area contributed by atoms with Crippen LogP contribution in [-0.4, -0.2) is 6.29 Å². The van der Waals surface area contributed by atoms with Crippen LogP contribution in [0.15, 0.2) is 10.6 Å². The molecule has 1 saturated carbocycles. The summed E-state index contributed by atoms with van der Waals surface area (Å²) in [7, 11) is 0. The zero-order valence-electron chi connectivity index (χ0n) is 3.78. The van der Waals surface area contributed by atoms with E-state index < -0.39 is 0 Å². The Balaban J connectivity index is 2.65. The van der Waals surface area contributed by atoms with Crippen molar-refractivity contribution in [3.05, 3.63) is 10.6 Å². The predicted octanol–water partition coefficient (Wildman–Crippen LogP) is 1.47. The molecule has 38 valence electrons. The Labute approximate surface area is 47.0 Å². The van der Waals surface area contributed by atoms with Gasteiger partial charge in [-0.15, -0.1) is 0 Å². The van der Waals surface area contributed by atoms with Gasteiger partial charge in [-0.05, 0) is 18.4 Å². The third-order valence-corrected chi connectivity index (χ3v) is 1.30. The molecule has 0 aromatic rings. The molecule has 0 amide bonds. The average molecular weight is 117 g/mol. The number of halogens is 1. The first-order valence-corrected chi connectivity index (χ1v) is 2.55. The first-order chi connectivity index (χ1) is 3.34. The van der Waals surface area contributed by atoms with Crippen molar-refractivity contribution in [3.63, 3.8) is 0 Å². The van der Waals surface area contributed by atoms with Crippen molar-refractivity contribution < 1.29 is 4.79 Å². The van der Waals surface area contributed by atoms with Crippen molar-refractivity contribution in [1.29, 1.82) is 0 Å². The smallest absolute Gasteiger partial charge is 0.161 e. The summed E-state index contributed by atoms with van der Waals surface area (Å²) in [4.78, 5) is 9.80. The van der Waals surface area contributed by atoms with Gasteiger partial charge in [0.15, 0.2) is 6.29 Å². The molecule has 1 rings (SSSR count). The van der Waals surface area contributed by atoms with Crippen LogP contribution >= 0.6 is 11.6 Å². The van der Waals surface area contributed by atoms with E-state index in [9.17, 15) is 4.79 Å². The van der Waals surface area contributed by atoms with E-state index in [0.717, 1.165) is 18.4 Å². The number of allylic oxidation sites excluding steroid dienone is 2. The van der Waals surface area contributed by atoms with Gasteiger partial charge in [-0.1, -0.05) is 11.6 Å². The average Bonchev–Trinajstić information content (AvgIpc) is 2.44. The van der Waals surface area contributed by atoms with E-state index in [1.54, 1.807) is 0 Å². The van der Waals surface area contributed by atoms with E-state index in [1.165, 1.54) is 0 Å². The lowest BCUT2D eigenvalue weighted by molar-refractivity contribution is -0.104.